The number of rotatable bonds is 3. The predicted octanol–water partition coefficient (Wildman–Crippen LogP) is 2.92. The van der Waals surface area contributed by atoms with Gasteiger partial charge in [0.25, 0.3) is 0 Å². The van der Waals surface area contributed by atoms with Crippen LogP contribution in [0.1, 0.15) is 5.56 Å². The molecule has 0 heterocycles. The summed E-state index contributed by atoms with van der Waals surface area (Å²) in [6, 6.07) is 6.74. The van der Waals surface area contributed by atoms with Crippen molar-refractivity contribution in [1.82, 2.24) is 0 Å². The Morgan fingerprint density at radius 1 is 1.29 bits per heavy atom. The summed E-state index contributed by atoms with van der Waals surface area (Å²) in [5.41, 5.74) is 1.18. The molecule has 76 valence electrons. The summed E-state index contributed by atoms with van der Waals surface area (Å²) in [5, 5.41) is 0.593. The smallest absolute Gasteiger partial charge is 0.212 e. The quantitative estimate of drug-likeness (QED) is 0.774. The SMILES string of the molecule is C=C(CS(=O)(=O)Cl)c1ccc(Cl)cc1. The van der Waals surface area contributed by atoms with Gasteiger partial charge in [-0.1, -0.05) is 30.3 Å². The molecule has 0 N–H and O–H groups in total. The third-order valence-corrected chi connectivity index (χ3v) is 2.87. The second-order valence-corrected chi connectivity index (χ2v) is 6.01. The lowest BCUT2D eigenvalue weighted by Gasteiger charge is -2.02. The first-order valence-corrected chi connectivity index (χ1v) is 6.60. The summed E-state index contributed by atoms with van der Waals surface area (Å²) in [6.07, 6.45) is 0. The number of hydrogen-bond donors (Lipinski definition) is 0. The van der Waals surface area contributed by atoms with Crippen LogP contribution in [0, 0.1) is 0 Å². The molecule has 1 rings (SSSR count). The molecular weight excluding hydrogens is 243 g/mol. The van der Waals surface area contributed by atoms with Crippen LogP contribution in [-0.2, 0) is 9.05 Å². The topological polar surface area (TPSA) is 34.1 Å². The van der Waals surface area contributed by atoms with E-state index in [0.29, 0.717) is 10.6 Å². The highest BCUT2D eigenvalue weighted by atomic mass is 35.7. The molecule has 14 heavy (non-hydrogen) atoms. The number of benzene rings is 1. The molecule has 1 aromatic rings. The first-order chi connectivity index (χ1) is 6.38. The highest BCUT2D eigenvalue weighted by Crippen LogP contribution is 2.18. The van der Waals surface area contributed by atoms with Gasteiger partial charge in [-0.3, -0.25) is 0 Å². The summed E-state index contributed by atoms with van der Waals surface area (Å²) >= 11 is 5.68. The number of halogens is 2. The molecule has 1 aromatic carbocycles. The van der Waals surface area contributed by atoms with Crippen LogP contribution in [0.3, 0.4) is 0 Å². The van der Waals surface area contributed by atoms with E-state index in [1.807, 2.05) is 0 Å². The first kappa shape index (κ1) is 11.6. The molecule has 0 aliphatic rings. The Bertz CT molecular complexity index is 434. The van der Waals surface area contributed by atoms with Crippen LogP contribution >= 0.6 is 22.3 Å². The molecule has 0 unspecified atom stereocenters. The first-order valence-electron chi connectivity index (χ1n) is 3.74. The highest BCUT2D eigenvalue weighted by molar-refractivity contribution is 8.14. The van der Waals surface area contributed by atoms with Crippen LogP contribution in [0.2, 0.25) is 5.02 Å². The van der Waals surface area contributed by atoms with Crippen LogP contribution in [0.5, 0.6) is 0 Å². The van der Waals surface area contributed by atoms with Crippen LogP contribution in [0.4, 0.5) is 0 Å². The van der Waals surface area contributed by atoms with E-state index in [1.54, 1.807) is 24.3 Å². The molecule has 0 saturated carbocycles. The predicted molar refractivity (Wildman–Crippen MR) is 60.1 cm³/mol. The van der Waals surface area contributed by atoms with Crippen LogP contribution in [0.25, 0.3) is 5.57 Å². The molecule has 0 fully saturated rings. The molecule has 0 amide bonds. The Balaban J connectivity index is 2.86. The zero-order valence-electron chi connectivity index (χ0n) is 7.20. The fourth-order valence-electron chi connectivity index (χ4n) is 0.977. The minimum Gasteiger partial charge on any atom is -0.212 e. The lowest BCUT2D eigenvalue weighted by molar-refractivity contribution is 0.612. The van der Waals surface area contributed by atoms with E-state index in [-0.39, 0.29) is 5.75 Å². The van der Waals surface area contributed by atoms with Crippen molar-refractivity contribution < 1.29 is 8.42 Å². The van der Waals surface area contributed by atoms with Gasteiger partial charge in [0.15, 0.2) is 0 Å². The van der Waals surface area contributed by atoms with E-state index in [2.05, 4.69) is 6.58 Å². The van der Waals surface area contributed by atoms with Crippen molar-refractivity contribution in [1.29, 1.82) is 0 Å². The monoisotopic (exact) mass is 250 g/mol. The van der Waals surface area contributed by atoms with Gasteiger partial charge in [0.05, 0.1) is 5.75 Å². The van der Waals surface area contributed by atoms with Gasteiger partial charge in [-0.05, 0) is 23.3 Å². The maximum Gasteiger partial charge on any atom is 0.236 e. The highest BCUT2D eigenvalue weighted by Gasteiger charge is 2.09. The van der Waals surface area contributed by atoms with E-state index < -0.39 is 9.05 Å². The van der Waals surface area contributed by atoms with Gasteiger partial charge >= 0.3 is 0 Å². The Hall–Kier alpha value is -0.510. The number of hydrogen-bond acceptors (Lipinski definition) is 2. The van der Waals surface area contributed by atoms with Crippen LogP contribution < -0.4 is 0 Å². The maximum atomic E-state index is 10.8. The molecule has 0 radical (unpaired) electrons. The molecule has 0 bridgehead atoms. The summed E-state index contributed by atoms with van der Waals surface area (Å²) in [6.45, 7) is 3.63. The normalized spacial score (nSPS) is 11.3. The Labute approximate surface area is 92.6 Å². The summed E-state index contributed by atoms with van der Waals surface area (Å²) < 4.78 is 21.5. The van der Waals surface area contributed by atoms with Crippen LogP contribution in [0.15, 0.2) is 30.8 Å². The van der Waals surface area contributed by atoms with Gasteiger partial charge in [-0.2, -0.15) is 0 Å². The van der Waals surface area contributed by atoms with Crippen molar-refractivity contribution in [3.8, 4) is 0 Å². The zero-order valence-corrected chi connectivity index (χ0v) is 9.53. The molecule has 0 atom stereocenters. The summed E-state index contributed by atoms with van der Waals surface area (Å²) in [5.74, 6) is -0.254. The van der Waals surface area contributed by atoms with E-state index in [0.717, 1.165) is 5.56 Å². The zero-order chi connectivity index (χ0) is 10.8. The minimum absolute atomic E-state index is 0.254. The Morgan fingerprint density at radius 3 is 2.21 bits per heavy atom. The van der Waals surface area contributed by atoms with Gasteiger partial charge in [-0.15, -0.1) is 0 Å². The summed E-state index contributed by atoms with van der Waals surface area (Å²) in [7, 11) is 1.55. The van der Waals surface area contributed by atoms with E-state index in [4.69, 9.17) is 22.3 Å². The van der Waals surface area contributed by atoms with Gasteiger partial charge in [0.2, 0.25) is 9.05 Å². The van der Waals surface area contributed by atoms with Crippen molar-refractivity contribution in [2.45, 2.75) is 0 Å². The van der Waals surface area contributed by atoms with Gasteiger partial charge in [0.1, 0.15) is 0 Å². The Morgan fingerprint density at radius 2 is 1.79 bits per heavy atom. The van der Waals surface area contributed by atoms with E-state index >= 15 is 0 Å². The summed E-state index contributed by atoms with van der Waals surface area (Å²) in [4.78, 5) is 0. The molecule has 0 aromatic heterocycles. The molecule has 5 heteroatoms. The third-order valence-electron chi connectivity index (χ3n) is 1.60. The average molecular weight is 251 g/mol. The van der Waals surface area contributed by atoms with Crippen molar-refractivity contribution in [3.63, 3.8) is 0 Å². The van der Waals surface area contributed by atoms with Gasteiger partial charge < -0.3 is 0 Å². The molecule has 0 aliphatic carbocycles. The molecule has 2 nitrogen and oxygen atoms in total. The lowest BCUT2D eigenvalue weighted by Crippen LogP contribution is -1.99. The fourth-order valence-corrected chi connectivity index (χ4v) is 2.08. The van der Waals surface area contributed by atoms with Crippen molar-refractivity contribution in [2.75, 3.05) is 5.75 Å². The maximum absolute atomic E-state index is 10.8. The van der Waals surface area contributed by atoms with E-state index in [1.165, 1.54) is 0 Å². The van der Waals surface area contributed by atoms with Crippen molar-refractivity contribution >= 4 is 36.9 Å². The lowest BCUT2D eigenvalue weighted by atomic mass is 10.1. The molecule has 0 saturated heterocycles. The fraction of sp³-hybridized carbons (Fsp3) is 0.111. The second kappa shape index (κ2) is 4.34. The van der Waals surface area contributed by atoms with Crippen LogP contribution in [-0.4, -0.2) is 14.2 Å². The standard InChI is InChI=1S/C9H8Cl2O2S/c1-7(6-14(11,12)13)8-2-4-9(10)5-3-8/h2-5H,1,6H2. The largest absolute Gasteiger partial charge is 0.236 e. The Kier molecular flexibility index (Phi) is 3.59. The third kappa shape index (κ3) is 3.70. The molecule has 0 spiro atoms. The average Bonchev–Trinajstić information content (AvgIpc) is 2.02. The second-order valence-electron chi connectivity index (χ2n) is 2.79. The minimum atomic E-state index is -3.54. The van der Waals surface area contributed by atoms with E-state index in [9.17, 15) is 8.42 Å². The van der Waals surface area contributed by atoms with Gasteiger partial charge in [0, 0.05) is 15.7 Å². The van der Waals surface area contributed by atoms with Gasteiger partial charge in [-0.25, -0.2) is 8.42 Å². The van der Waals surface area contributed by atoms with Crippen molar-refractivity contribution in [2.24, 2.45) is 0 Å². The molecular formula is C9H8Cl2O2S. The van der Waals surface area contributed by atoms with Crippen molar-refractivity contribution in [3.05, 3.63) is 41.4 Å². The molecule has 0 aliphatic heterocycles.